The van der Waals surface area contributed by atoms with Crippen LogP contribution in [0.4, 0.5) is 0 Å². The van der Waals surface area contributed by atoms with Crippen molar-refractivity contribution in [1.29, 1.82) is 0 Å². The molecule has 0 radical (unpaired) electrons. The fourth-order valence-electron chi connectivity index (χ4n) is 3.41. The molecule has 0 N–H and O–H groups in total. The maximum atomic E-state index is 12.5. The Kier molecular flexibility index (Phi) is 4.05. The maximum Gasteiger partial charge on any atom is 0.349 e. The van der Waals surface area contributed by atoms with Gasteiger partial charge in [0, 0.05) is 13.1 Å². The Balaban J connectivity index is 1.46. The summed E-state index contributed by atoms with van der Waals surface area (Å²) in [6.45, 7) is 3.08. The van der Waals surface area contributed by atoms with Gasteiger partial charge in [-0.15, -0.1) is 0 Å². The number of nitrogens with zero attached hydrogens (tertiary/aromatic N) is 2. The monoisotopic (exact) mass is 350 g/mol. The average molecular weight is 350 g/mol. The molecule has 6 heteroatoms. The highest BCUT2D eigenvalue weighted by Gasteiger charge is 2.40. The van der Waals surface area contributed by atoms with E-state index in [-0.39, 0.29) is 11.1 Å². The van der Waals surface area contributed by atoms with Crippen LogP contribution in [-0.4, -0.2) is 40.3 Å². The van der Waals surface area contributed by atoms with Gasteiger partial charge in [0.05, 0.1) is 11.1 Å². The number of carbonyl (C=O) groups is 3. The van der Waals surface area contributed by atoms with E-state index in [1.54, 1.807) is 31.2 Å². The van der Waals surface area contributed by atoms with Crippen molar-refractivity contribution in [2.45, 2.75) is 25.9 Å². The quantitative estimate of drug-likeness (QED) is 0.794. The lowest BCUT2D eigenvalue weighted by Crippen LogP contribution is -2.45. The van der Waals surface area contributed by atoms with Crippen LogP contribution in [0.2, 0.25) is 0 Å². The lowest BCUT2D eigenvalue weighted by molar-refractivity contribution is -0.174. The molecule has 2 heterocycles. The SMILES string of the molecule is CC(C(=O)ON1C(=O)c2ccccc2C1=O)N1CCc2ccccc2C1. The minimum absolute atomic E-state index is 0.254. The number of benzene rings is 2. The third-order valence-electron chi connectivity index (χ3n) is 4.99. The molecule has 2 aliphatic rings. The molecule has 0 saturated heterocycles. The number of hydrogen-bond donors (Lipinski definition) is 0. The highest BCUT2D eigenvalue weighted by atomic mass is 16.7. The third-order valence-corrected chi connectivity index (χ3v) is 4.99. The molecule has 132 valence electrons. The van der Waals surface area contributed by atoms with Gasteiger partial charge < -0.3 is 4.84 Å². The molecule has 0 aliphatic carbocycles. The zero-order valence-electron chi connectivity index (χ0n) is 14.3. The first-order valence-electron chi connectivity index (χ1n) is 8.56. The molecular formula is C20H18N2O4. The summed E-state index contributed by atoms with van der Waals surface area (Å²) >= 11 is 0. The maximum absolute atomic E-state index is 12.5. The number of carbonyl (C=O) groups excluding carboxylic acids is 3. The fourth-order valence-corrected chi connectivity index (χ4v) is 3.41. The van der Waals surface area contributed by atoms with Crippen LogP contribution in [0.5, 0.6) is 0 Å². The Morgan fingerprint density at radius 3 is 2.19 bits per heavy atom. The minimum atomic E-state index is -0.612. The Morgan fingerprint density at radius 1 is 0.962 bits per heavy atom. The van der Waals surface area contributed by atoms with Gasteiger partial charge >= 0.3 is 5.97 Å². The Hall–Kier alpha value is -2.99. The molecule has 0 spiro atoms. The van der Waals surface area contributed by atoms with Crippen LogP contribution in [0.25, 0.3) is 0 Å². The second-order valence-electron chi connectivity index (χ2n) is 6.53. The zero-order chi connectivity index (χ0) is 18.3. The summed E-state index contributed by atoms with van der Waals surface area (Å²) in [6.07, 6.45) is 0.848. The predicted molar refractivity (Wildman–Crippen MR) is 93.1 cm³/mol. The van der Waals surface area contributed by atoms with Crippen molar-refractivity contribution in [3.05, 3.63) is 70.8 Å². The summed E-state index contributed by atoms with van der Waals surface area (Å²) in [6, 6.07) is 14.0. The lowest BCUT2D eigenvalue weighted by atomic mass is 9.99. The second kappa shape index (κ2) is 6.38. The summed E-state index contributed by atoms with van der Waals surface area (Å²) in [5.74, 6) is -1.82. The molecule has 1 atom stereocenters. The van der Waals surface area contributed by atoms with Crippen LogP contribution in [0.3, 0.4) is 0 Å². The molecule has 2 aromatic carbocycles. The van der Waals surface area contributed by atoms with E-state index in [4.69, 9.17) is 4.84 Å². The molecule has 0 bridgehead atoms. The third kappa shape index (κ3) is 2.68. The summed E-state index contributed by atoms with van der Waals surface area (Å²) in [5, 5.41) is 0.571. The minimum Gasteiger partial charge on any atom is -0.328 e. The number of amides is 2. The topological polar surface area (TPSA) is 66.9 Å². The van der Waals surface area contributed by atoms with Gasteiger partial charge in [-0.1, -0.05) is 41.5 Å². The summed E-state index contributed by atoms with van der Waals surface area (Å²) in [7, 11) is 0. The standard InChI is InChI=1S/C20H18N2O4/c1-13(21-11-10-14-6-2-3-7-15(14)12-21)20(25)26-22-18(23)16-8-4-5-9-17(16)19(22)24/h2-9,13H,10-12H2,1H3. The normalized spacial score (nSPS) is 17.7. The van der Waals surface area contributed by atoms with E-state index in [1.165, 1.54) is 11.1 Å². The molecule has 26 heavy (non-hydrogen) atoms. The molecule has 0 saturated carbocycles. The van der Waals surface area contributed by atoms with Gasteiger partial charge in [-0.25, -0.2) is 4.79 Å². The van der Waals surface area contributed by atoms with Gasteiger partial charge in [0.1, 0.15) is 6.04 Å². The van der Waals surface area contributed by atoms with Gasteiger partial charge in [-0.05, 0) is 36.6 Å². The van der Waals surface area contributed by atoms with E-state index in [2.05, 4.69) is 6.07 Å². The molecule has 1 unspecified atom stereocenters. The summed E-state index contributed by atoms with van der Waals surface area (Å²) in [5.41, 5.74) is 2.97. The van der Waals surface area contributed by atoms with Gasteiger partial charge in [0.25, 0.3) is 11.8 Å². The van der Waals surface area contributed by atoms with Gasteiger partial charge in [-0.2, -0.15) is 0 Å². The molecular weight excluding hydrogens is 332 g/mol. The van der Waals surface area contributed by atoms with Crippen molar-refractivity contribution >= 4 is 17.8 Å². The molecule has 2 aliphatic heterocycles. The second-order valence-corrected chi connectivity index (χ2v) is 6.53. The highest BCUT2D eigenvalue weighted by molar-refractivity contribution is 6.20. The van der Waals surface area contributed by atoms with Crippen LogP contribution in [0.15, 0.2) is 48.5 Å². The van der Waals surface area contributed by atoms with Crippen molar-refractivity contribution < 1.29 is 19.2 Å². The van der Waals surface area contributed by atoms with E-state index in [0.717, 1.165) is 13.0 Å². The summed E-state index contributed by atoms with van der Waals surface area (Å²) in [4.78, 5) is 44.3. The first-order chi connectivity index (χ1) is 12.6. The molecule has 0 fully saturated rings. The van der Waals surface area contributed by atoms with E-state index >= 15 is 0 Å². The van der Waals surface area contributed by atoms with Crippen LogP contribution in [0.1, 0.15) is 38.8 Å². The Bertz CT molecular complexity index is 873. The number of hydrogen-bond acceptors (Lipinski definition) is 5. The van der Waals surface area contributed by atoms with E-state index in [9.17, 15) is 14.4 Å². The van der Waals surface area contributed by atoms with Gasteiger partial charge in [-0.3, -0.25) is 14.5 Å². The van der Waals surface area contributed by atoms with Crippen LogP contribution in [-0.2, 0) is 22.6 Å². The number of fused-ring (bicyclic) bond motifs is 2. The Morgan fingerprint density at radius 2 is 1.54 bits per heavy atom. The van der Waals surface area contributed by atoms with E-state index < -0.39 is 23.8 Å². The van der Waals surface area contributed by atoms with Crippen LogP contribution in [0, 0.1) is 0 Å². The van der Waals surface area contributed by atoms with Crippen LogP contribution < -0.4 is 0 Å². The number of rotatable bonds is 3. The number of imide groups is 1. The lowest BCUT2D eigenvalue weighted by Gasteiger charge is -2.32. The molecule has 2 aromatic rings. The van der Waals surface area contributed by atoms with Crippen molar-refractivity contribution in [3.63, 3.8) is 0 Å². The predicted octanol–water partition coefficient (Wildman–Crippen LogP) is 2.19. The van der Waals surface area contributed by atoms with Crippen LogP contribution >= 0.6 is 0 Å². The van der Waals surface area contributed by atoms with Crippen molar-refractivity contribution in [3.8, 4) is 0 Å². The molecule has 4 rings (SSSR count). The van der Waals surface area contributed by atoms with Gasteiger partial charge in [0.2, 0.25) is 0 Å². The first kappa shape index (κ1) is 16.5. The van der Waals surface area contributed by atoms with Crippen molar-refractivity contribution in [2.75, 3.05) is 6.54 Å². The summed E-state index contributed by atoms with van der Waals surface area (Å²) < 4.78 is 0. The van der Waals surface area contributed by atoms with E-state index in [0.29, 0.717) is 11.6 Å². The zero-order valence-corrected chi connectivity index (χ0v) is 14.3. The largest absolute Gasteiger partial charge is 0.349 e. The molecule has 6 nitrogen and oxygen atoms in total. The Labute approximate surface area is 150 Å². The van der Waals surface area contributed by atoms with Crippen molar-refractivity contribution in [1.82, 2.24) is 9.96 Å². The van der Waals surface area contributed by atoms with E-state index in [1.807, 2.05) is 23.1 Å². The fraction of sp³-hybridized carbons (Fsp3) is 0.250. The molecule has 2 amide bonds. The highest BCUT2D eigenvalue weighted by Crippen LogP contribution is 2.24. The number of hydroxylamine groups is 2. The first-order valence-corrected chi connectivity index (χ1v) is 8.56. The molecule has 0 aromatic heterocycles. The average Bonchev–Trinajstić information content (AvgIpc) is 2.92. The van der Waals surface area contributed by atoms with Crippen molar-refractivity contribution in [2.24, 2.45) is 0 Å². The smallest absolute Gasteiger partial charge is 0.328 e. The van der Waals surface area contributed by atoms with Gasteiger partial charge in [0.15, 0.2) is 0 Å².